The van der Waals surface area contributed by atoms with Gasteiger partial charge in [0.2, 0.25) is 0 Å². The summed E-state index contributed by atoms with van der Waals surface area (Å²) in [7, 11) is 6.63. The normalized spacial score (nSPS) is 14.6. The molecule has 0 amide bonds. The van der Waals surface area contributed by atoms with Crippen molar-refractivity contribution >= 4 is 16.8 Å². The molecule has 6 aromatic rings. The van der Waals surface area contributed by atoms with E-state index in [1.807, 2.05) is 42.5 Å². The molecule has 1 N–H and O–H groups in total. The van der Waals surface area contributed by atoms with E-state index in [0.29, 0.717) is 11.5 Å². The number of hydrogen-bond acceptors (Lipinski definition) is 6. The first-order valence-corrected chi connectivity index (χ1v) is 17.1. The van der Waals surface area contributed by atoms with Crippen LogP contribution in [0.4, 0.5) is 0 Å². The van der Waals surface area contributed by atoms with Crippen molar-refractivity contribution in [3.05, 3.63) is 143 Å². The number of hydrogen-bond donors (Lipinski definition) is 1. The molecule has 1 aliphatic carbocycles. The Morgan fingerprint density at radius 1 is 0.627 bits per heavy atom. The maximum Gasteiger partial charge on any atom is 0.178 e. The van der Waals surface area contributed by atoms with Crippen molar-refractivity contribution in [3.8, 4) is 51.0 Å². The Kier molecular flexibility index (Phi) is 7.80. The predicted octanol–water partition coefficient (Wildman–Crippen LogP) is 9.69. The van der Waals surface area contributed by atoms with Crippen molar-refractivity contribution in [3.63, 3.8) is 0 Å². The van der Waals surface area contributed by atoms with Gasteiger partial charge in [-0.1, -0.05) is 68.5 Å². The molecular weight excluding hydrogens is 636 g/mol. The Bertz CT molecular complexity index is 2290. The van der Waals surface area contributed by atoms with Crippen LogP contribution >= 0.6 is 0 Å². The minimum Gasteiger partial charge on any atom is -0.497 e. The molecular formula is C45H40O6. The first-order chi connectivity index (χ1) is 24.8. The van der Waals surface area contributed by atoms with Crippen molar-refractivity contribution in [2.24, 2.45) is 0 Å². The zero-order chi connectivity index (χ0) is 35.5. The molecule has 256 valence electrons. The maximum absolute atomic E-state index is 10.9. The second-order valence-corrected chi connectivity index (χ2v) is 13.6. The molecule has 0 fully saturated rings. The smallest absolute Gasteiger partial charge is 0.178 e. The van der Waals surface area contributed by atoms with Gasteiger partial charge in [-0.05, 0) is 93.4 Å². The zero-order valence-electron chi connectivity index (χ0n) is 29.7. The van der Waals surface area contributed by atoms with E-state index in [1.165, 1.54) is 22.3 Å². The lowest BCUT2D eigenvalue weighted by atomic mass is 9.76. The molecule has 0 saturated heterocycles. The van der Waals surface area contributed by atoms with Crippen LogP contribution in [0.15, 0.2) is 109 Å². The van der Waals surface area contributed by atoms with Crippen LogP contribution in [0, 0.1) is 0 Å². The second-order valence-electron chi connectivity index (χ2n) is 13.6. The Morgan fingerprint density at radius 2 is 1.25 bits per heavy atom. The Balaban J connectivity index is 1.47. The van der Waals surface area contributed by atoms with Crippen molar-refractivity contribution in [1.82, 2.24) is 0 Å². The summed E-state index contributed by atoms with van der Waals surface area (Å²) in [5, 5.41) is 12.9. The van der Waals surface area contributed by atoms with Crippen molar-refractivity contribution in [2.75, 3.05) is 28.4 Å². The van der Waals surface area contributed by atoms with Crippen LogP contribution in [0.3, 0.4) is 0 Å². The molecule has 8 rings (SSSR count). The van der Waals surface area contributed by atoms with E-state index in [2.05, 4.69) is 86.7 Å². The Hall–Kier alpha value is -5.72. The summed E-state index contributed by atoms with van der Waals surface area (Å²) in [4.78, 5) is 0. The Morgan fingerprint density at radius 3 is 1.86 bits per heavy atom. The fourth-order valence-corrected chi connectivity index (χ4v) is 8.10. The van der Waals surface area contributed by atoms with Gasteiger partial charge in [0.1, 0.15) is 28.7 Å². The molecule has 0 radical (unpaired) electrons. The van der Waals surface area contributed by atoms with Gasteiger partial charge in [-0.2, -0.15) is 0 Å². The highest BCUT2D eigenvalue weighted by molar-refractivity contribution is 6.10. The number of aliphatic hydroxyl groups is 1. The minimum atomic E-state index is -0.976. The molecule has 0 aromatic heterocycles. The molecule has 1 heterocycles. The average molecular weight is 677 g/mol. The number of benzene rings is 6. The van der Waals surface area contributed by atoms with Crippen LogP contribution in [0.2, 0.25) is 0 Å². The van der Waals surface area contributed by atoms with Gasteiger partial charge in [0.15, 0.2) is 5.60 Å². The third kappa shape index (κ3) is 4.89. The number of fused-ring (bicyclic) bond motifs is 8. The molecule has 2 aliphatic rings. The number of methoxy groups -OCH3 is 4. The highest BCUT2D eigenvalue weighted by Crippen LogP contribution is 2.59. The van der Waals surface area contributed by atoms with Gasteiger partial charge in [-0.15, -0.1) is 0 Å². The van der Waals surface area contributed by atoms with Gasteiger partial charge >= 0.3 is 0 Å². The first-order valence-electron chi connectivity index (χ1n) is 17.1. The largest absolute Gasteiger partial charge is 0.497 e. The van der Waals surface area contributed by atoms with Crippen molar-refractivity contribution in [1.29, 1.82) is 0 Å². The molecule has 1 aliphatic heterocycles. The third-order valence-corrected chi connectivity index (χ3v) is 10.7. The van der Waals surface area contributed by atoms with E-state index < -0.39 is 5.60 Å². The van der Waals surface area contributed by atoms with Gasteiger partial charge in [-0.25, -0.2) is 0 Å². The van der Waals surface area contributed by atoms with Crippen molar-refractivity contribution in [2.45, 2.75) is 31.5 Å². The highest BCUT2D eigenvalue weighted by atomic mass is 16.5. The lowest BCUT2D eigenvalue weighted by molar-refractivity contribution is 0.163. The van der Waals surface area contributed by atoms with Crippen LogP contribution in [-0.4, -0.2) is 33.5 Å². The number of aliphatic hydroxyl groups excluding tert-OH is 1. The summed E-state index contributed by atoms with van der Waals surface area (Å²) in [6.45, 7) is 4.42. The van der Waals surface area contributed by atoms with Gasteiger partial charge in [0.05, 0.1) is 35.0 Å². The summed E-state index contributed by atoms with van der Waals surface area (Å²) in [6.07, 6.45) is 4.42. The van der Waals surface area contributed by atoms with Gasteiger partial charge in [0.25, 0.3) is 0 Å². The Labute approximate surface area is 298 Å². The fourth-order valence-electron chi connectivity index (χ4n) is 8.10. The average Bonchev–Trinajstić information content (AvgIpc) is 3.43. The topological polar surface area (TPSA) is 66.4 Å². The van der Waals surface area contributed by atoms with E-state index in [-0.39, 0.29) is 12.0 Å². The minimum absolute atomic E-state index is 0.153. The van der Waals surface area contributed by atoms with E-state index in [9.17, 15) is 5.11 Å². The van der Waals surface area contributed by atoms with E-state index >= 15 is 0 Å². The molecule has 0 bridgehead atoms. The lowest BCUT2D eigenvalue weighted by Gasteiger charge is -2.38. The summed E-state index contributed by atoms with van der Waals surface area (Å²) >= 11 is 0. The van der Waals surface area contributed by atoms with Crippen molar-refractivity contribution < 1.29 is 28.8 Å². The quantitative estimate of drug-likeness (QED) is 0.173. The SMILES string of the molecule is COc1ccc(C2(c3ccc(OC)cc3)C=Cc3c4c(c5cc(CO)c(-c6ccc(OC)cc6OC)cc5c3O2)-c2ccccc2C4(C)C)cc1. The van der Waals surface area contributed by atoms with Crippen LogP contribution in [0.25, 0.3) is 39.1 Å². The molecule has 51 heavy (non-hydrogen) atoms. The molecule has 0 saturated carbocycles. The molecule has 0 unspecified atom stereocenters. The zero-order valence-corrected chi connectivity index (χ0v) is 29.7. The summed E-state index contributed by atoms with van der Waals surface area (Å²) in [5.41, 5.74) is 8.99. The maximum atomic E-state index is 10.9. The van der Waals surface area contributed by atoms with Gasteiger partial charge in [0, 0.05) is 39.1 Å². The monoisotopic (exact) mass is 676 g/mol. The third-order valence-electron chi connectivity index (χ3n) is 10.7. The molecule has 0 atom stereocenters. The standard InChI is InChI=1S/C45H40O6/c1-44(2)39-10-8-7-9-34(39)41-37-23-27(26-46)36(33-20-19-32(49-5)24-40(33)50-6)25-38(37)43-35(42(41)44)21-22-45(51-43,28-11-15-30(47-3)16-12-28)29-13-17-31(48-4)18-14-29/h7-25,46H,26H2,1-6H3. The van der Waals surface area contributed by atoms with E-state index in [1.54, 1.807) is 28.4 Å². The predicted molar refractivity (Wildman–Crippen MR) is 202 cm³/mol. The molecule has 6 nitrogen and oxygen atoms in total. The highest BCUT2D eigenvalue weighted by Gasteiger charge is 2.44. The first kappa shape index (κ1) is 32.5. The van der Waals surface area contributed by atoms with Crippen LogP contribution in [-0.2, 0) is 17.6 Å². The van der Waals surface area contributed by atoms with Crippen LogP contribution in [0.1, 0.15) is 47.2 Å². The molecule has 6 aromatic carbocycles. The summed E-state index contributed by atoms with van der Waals surface area (Å²) < 4.78 is 30.0. The van der Waals surface area contributed by atoms with E-state index in [4.69, 9.17) is 23.7 Å². The van der Waals surface area contributed by atoms with Crippen LogP contribution < -0.4 is 23.7 Å². The second kappa shape index (κ2) is 12.3. The summed E-state index contributed by atoms with van der Waals surface area (Å²) in [5.74, 6) is 3.64. The molecule has 6 heteroatoms. The fraction of sp³-hybridized carbons (Fsp3) is 0.200. The number of ether oxygens (including phenoxy) is 5. The van der Waals surface area contributed by atoms with Gasteiger partial charge in [-0.3, -0.25) is 0 Å². The molecule has 0 spiro atoms. The van der Waals surface area contributed by atoms with Gasteiger partial charge < -0.3 is 28.8 Å². The van der Waals surface area contributed by atoms with E-state index in [0.717, 1.165) is 61.4 Å². The number of rotatable bonds is 8. The lowest BCUT2D eigenvalue weighted by Crippen LogP contribution is -2.35. The summed E-state index contributed by atoms with van der Waals surface area (Å²) in [6, 6.07) is 34.8. The van der Waals surface area contributed by atoms with Crippen LogP contribution in [0.5, 0.6) is 28.7 Å².